The van der Waals surface area contributed by atoms with Gasteiger partial charge in [-0.2, -0.15) is 18.4 Å². The molecule has 1 N–H and O–H groups in total. The van der Waals surface area contributed by atoms with E-state index in [1.54, 1.807) is 0 Å². The summed E-state index contributed by atoms with van der Waals surface area (Å²) in [7, 11) is 0. The Kier molecular flexibility index (Phi) is 4.25. The zero-order valence-corrected chi connectivity index (χ0v) is 10.5. The van der Waals surface area contributed by atoms with Crippen LogP contribution in [0.1, 0.15) is 39.5 Å². The lowest BCUT2D eigenvalue weighted by Gasteiger charge is -2.31. The number of hydrogen-bond donors (Lipinski definition) is 1. The molecule has 1 aliphatic rings. The van der Waals surface area contributed by atoms with Crippen LogP contribution in [0, 0.1) is 23.2 Å². The van der Waals surface area contributed by atoms with E-state index in [-0.39, 0.29) is 12.8 Å². The molecule has 3 nitrogen and oxygen atoms in total. The van der Waals surface area contributed by atoms with Crippen LogP contribution >= 0.6 is 0 Å². The van der Waals surface area contributed by atoms with Gasteiger partial charge in [-0.05, 0) is 33.1 Å². The van der Waals surface area contributed by atoms with Crippen molar-refractivity contribution in [3.63, 3.8) is 0 Å². The molecule has 1 aliphatic carbocycles. The van der Waals surface area contributed by atoms with Crippen LogP contribution in [0.15, 0.2) is 0 Å². The molecule has 0 aromatic rings. The topological polar surface area (TPSA) is 52.9 Å². The number of alkyl halides is 3. The standard InChI is InChI=1S/C12H17F3N2O/c1-11(2,7-16)17-10(18)8-4-3-5-9(6-8)12(13,14)15/h8-9H,3-6H2,1-2H3,(H,17,18). The Morgan fingerprint density at radius 2 is 1.94 bits per heavy atom. The van der Waals surface area contributed by atoms with Crippen molar-refractivity contribution in [2.24, 2.45) is 11.8 Å². The molecule has 2 atom stereocenters. The molecule has 18 heavy (non-hydrogen) atoms. The smallest absolute Gasteiger partial charge is 0.338 e. The Bertz CT molecular complexity index is 357. The normalized spacial score (nSPS) is 25.3. The number of halogens is 3. The van der Waals surface area contributed by atoms with Crippen LogP contribution in [0.5, 0.6) is 0 Å². The number of amides is 1. The van der Waals surface area contributed by atoms with E-state index >= 15 is 0 Å². The minimum atomic E-state index is -4.23. The second-order valence-corrected chi connectivity index (χ2v) is 5.33. The van der Waals surface area contributed by atoms with Crippen LogP contribution in [-0.2, 0) is 4.79 Å². The zero-order valence-electron chi connectivity index (χ0n) is 10.5. The molecule has 0 aromatic carbocycles. The summed E-state index contributed by atoms with van der Waals surface area (Å²) in [6.45, 7) is 3.05. The van der Waals surface area contributed by atoms with Crippen molar-refractivity contribution in [2.75, 3.05) is 0 Å². The molecule has 1 saturated carbocycles. The zero-order chi connectivity index (χ0) is 14.0. The van der Waals surface area contributed by atoms with Crippen LogP contribution < -0.4 is 5.32 Å². The highest BCUT2D eigenvalue weighted by atomic mass is 19.4. The predicted molar refractivity (Wildman–Crippen MR) is 59.3 cm³/mol. The van der Waals surface area contributed by atoms with Crippen molar-refractivity contribution >= 4 is 5.91 Å². The van der Waals surface area contributed by atoms with Crippen molar-refractivity contribution in [3.05, 3.63) is 0 Å². The summed E-state index contributed by atoms with van der Waals surface area (Å²) in [5, 5.41) is 11.3. The summed E-state index contributed by atoms with van der Waals surface area (Å²) >= 11 is 0. The molecular formula is C12H17F3N2O. The number of nitrogens with one attached hydrogen (secondary N) is 1. The van der Waals surface area contributed by atoms with E-state index in [0.29, 0.717) is 12.8 Å². The molecule has 0 saturated heterocycles. The monoisotopic (exact) mass is 262 g/mol. The number of hydrogen-bond acceptors (Lipinski definition) is 2. The maximum absolute atomic E-state index is 12.6. The Labute approximate surface area is 104 Å². The van der Waals surface area contributed by atoms with Gasteiger partial charge in [-0.15, -0.1) is 0 Å². The van der Waals surface area contributed by atoms with Gasteiger partial charge in [-0.25, -0.2) is 0 Å². The van der Waals surface area contributed by atoms with Gasteiger partial charge in [0.1, 0.15) is 5.54 Å². The van der Waals surface area contributed by atoms with Crippen molar-refractivity contribution in [3.8, 4) is 6.07 Å². The molecule has 0 aliphatic heterocycles. The van der Waals surface area contributed by atoms with Gasteiger partial charge in [0.25, 0.3) is 0 Å². The van der Waals surface area contributed by atoms with Crippen LogP contribution in [0.3, 0.4) is 0 Å². The summed E-state index contributed by atoms with van der Waals surface area (Å²) in [5.74, 6) is -2.49. The van der Waals surface area contributed by atoms with Gasteiger partial charge in [0.2, 0.25) is 5.91 Å². The SMILES string of the molecule is CC(C)(C#N)NC(=O)C1CCCC(C(F)(F)F)C1. The van der Waals surface area contributed by atoms with Gasteiger partial charge in [0.05, 0.1) is 12.0 Å². The van der Waals surface area contributed by atoms with Gasteiger partial charge >= 0.3 is 6.18 Å². The fourth-order valence-electron chi connectivity index (χ4n) is 2.16. The molecular weight excluding hydrogens is 245 g/mol. The van der Waals surface area contributed by atoms with Gasteiger partial charge in [-0.3, -0.25) is 4.79 Å². The average Bonchev–Trinajstić information content (AvgIpc) is 2.27. The molecule has 1 fully saturated rings. The Morgan fingerprint density at radius 3 is 2.44 bits per heavy atom. The summed E-state index contributed by atoms with van der Waals surface area (Å²) < 4.78 is 37.8. The summed E-state index contributed by atoms with van der Waals surface area (Å²) in [5.41, 5.74) is -1.04. The third-order valence-electron chi connectivity index (χ3n) is 3.22. The van der Waals surface area contributed by atoms with Gasteiger partial charge in [0.15, 0.2) is 0 Å². The van der Waals surface area contributed by atoms with Crippen LogP contribution in [0.4, 0.5) is 13.2 Å². The molecule has 0 aromatic heterocycles. The van der Waals surface area contributed by atoms with Gasteiger partial charge in [-0.1, -0.05) is 6.42 Å². The second kappa shape index (κ2) is 5.17. The highest BCUT2D eigenvalue weighted by Gasteiger charge is 2.43. The number of rotatable bonds is 2. The molecule has 1 rings (SSSR count). The molecule has 102 valence electrons. The molecule has 1 amide bonds. The quantitative estimate of drug-likeness (QED) is 0.832. The van der Waals surface area contributed by atoms with Crippen molar-refractivity contribution in [2.45, 2.75) is 51.2 Å². The highest BCUT2D eigenvalue weighted by Crippen LogP contribution is 2.40. The Morgan fingerprint density at radius 1 is 1.33 bits per heavy atom. The third kappa shape index (κ3) is 3.90. The molecule has 6 heteroatoms. The summed E-state index contributed by atoms with van der Waals surface area (Å²) in [6, 6.07) is 1.90. The maximum Gasteiger partial charge on any atom is 0.391 e. The fraction of sp³-hybridized carbons (Fsp3) is 0.833. The van der Waals surface area contributed by atoms with E-state index in [1.807, 2.05) is 6.07 Å². The van der Waals surface area contributed by atoms with E-state index in [4.69, 9.17) is 5.26 Å². The first kappa shape index (κ1) is 14.8. The number of nitrogens with zero attached hydrogens (tertiary/aromatic N) is 1. The molecule has 2 unspecified atom stereocenters. The number of carbonyl (C=O) groups is 1. The lowest BCUT2D eigenvalue weighted by Crippen LogP contribution is -2.46. The minimum Gasteiger partial charge on any atom is -0.338 e. The van der Waals surface area contributed by atoms with E-state index in [1.165, 1.54) is 13.8 Å². The summed E-state index contributed by atoms with van der Waals surface area (Å²) in [4.78, 5) is 11.8. The second-order valence-electron chi connectivity index (χ2n) is 5.33. The molecule has 0 bridgehead atoms. The third-order valence-corrected chi connectivity index (χ3v) is 3.22. The van der Waals surface area contributed by atoms with E-state index in [0.717, 1.165) is 0 Å². The highest BCUT2D eigenvalue weighted by molar-refractivity contribution is 5.79. The van der Waals surface area contributed by atoms with E-state index in [9.17, 15) is 18.0 Å². The lowest BCUT2D eigenvalue weighted by atomic mass is 9.80. The Balaban J connectivity index is 2.63. The fourth-order valence-corrected chi connectivity index (χ4v) is 2.16. The molecule has 0 radical (unpaired) electrons. The first-order chi connectivity index (χ1) is 8.15. The van der Waals surface area contributed by atoms with Crippen LogP contribution in [0.2, 0.25) is 0 Å². The largest absolute Gasteiger partial charge is 0.391 e. The molecule has 0 heterocycles. The predicted octanol–water partition coefficient (Wildman–Crippen LogP) is 2.77. The van der Waals surface area contributed by atoms with Crippen molar-refractivity contribution in [1.82, 2.24) is 5.32 Å². The average molecular weight is 262 g/mol. The van der Waals surface area contributed by atoms with E-state index < -0.39 is 29.5 Å². The number of carbonyl (C=O) groups excluding carboxylic acids is 1. The summed E-state index contributed by atoms with van der Waals surface area (Å²) in [6.07, 6.45) is -3.45. The first-order valence-electron chi connectivity index (χ1n) is 5.96. The Hall–Kier alpha value is -1.25. The van der Waals surface area contributed by atoms with E-state index in [2.05, 4.69) is 5.32 Å². The van der Waals surface area contributed by atoms with Crippen molar-refractivity contribution < 1.29 is 18.0 Å². The number of nitriles is 1. The van der Waals surface area contributed by atoms with Gasteiger partial charge < -0.3 is 5.32 Å². The van der Waals surface area contributed by atoms with Crippen LogP contribution in [-0.4, -0.2) is 17.6 Å². The van der Waals surface area contributed by atoms with Gasteiger partial charge in [0, 0.05) is 5.92 Å². The molecule has 0 spiro atoms. The first-order valence-corrected chi connectivity index (χ1v) is 5.96. The maximum atomic E-state index is 12.6. The minimum absolute atomic E-state index is 0.0922. The lowest BCUT2D eigenvalue weighted by molar-refractivity contribution is -0.186. The van der Waals surface area contributed by atoms with Crippen molar-refractivity contribution in [1.29, 1.82) is 5.26 Å². The van der Waals surface area contributed by atoms with Crippen LogP contribution in [0.25, 0.3) is 0 Å².